The molecular weight excluding hydrogens is 469 g/mol. The van der Waals surface area contributed by atoms with Gasteiger partial charge in [0.1, 0.15) is 11.3 Å². The first-order valence-electron chi connectivity index (χ1n) is 10.5. The van der Waals surface area contributed by atoms with Gasteiger partial charge in [-0.15, -0.1) is 0 Å². The van der Waals surface area contributed by atoms with Gasteiger partial charge in [-0.05, 0) is 30.2 Å². The summed E-state index contributed by atoms with van der Waals surface area (Å²) in [5, 5.41) is 1.80. The molecule has 0 saturated carbocycles. The van der Waals surface area contributed by atoms with Gasteiger partial charge in [0.05, 0.1) is 36.5 Å². The lowest BCUT2D eigenvalue weighted by molar-refractivity contribution is -0.118. The van der Waals surface area contributed by atoms with Crippen molar-refractivity contribution in [3.05, 3.63) is 52.0 Å². The number of carbonyl (C=O) groups is 1. The number of anilines is 1. The highest BCUT2D eigenvalue weighted by atomic mass is 35.5. The Bertz CT molecular complexity index is 1090. The van der Waals surface area contributed by atoms with Gasteiger partial charge in [0, 0.05) is 31.2 Å². The average Bonchev–Trinajstić information content (AvgIpc) is 3.25. The molecule has 1 aliphatic heterocycles. The second-order valence-electron chi connectivity index (χ2n) is 7.54. The van der Waals surface area contributed by atoms with E-state index in [0.29, 0.717) is 33.0 Å². The molecule has 6 nitrogen and oxygen atoms in total. The molecule has 0 spiro atoms. The van der Waals surface area contributed by atoms with Gasteiger partial charge in [-0.25, -0.2) is 4.98 Å². The number of methoxy groups -OCH3 is 1. The van der Waals surface area contributed by atoms with Crippen LogP contribution in [0.2, 0.25) is 10.0 Å². The van der Waals surface area contributed by atoms with Crippen molar-refractivity contribution >= 4 is 55.8 Å². The van der Waals surface area contributed by atoms with E-state index in [9.17, 15) is 4.79 Å². The number of benzene rings is 2. The Morgan fingerprint density at radius 2 is 1.97 bits per heavy atom. The normalized spacial score (nSPS) is 14.6. The third-order valence-corrected chi connectivity index (χ3v) is 7.37. The number of aromatic nitrogens is 1. The van der Waals surface area contributed by atoms with Crippen LogP contribution in [-0.2, 0) is 16.0 Å². The third kappa shape index (κ3) is 5.35. The van der Waals surface area contributed by atoms with Gasteiger partial charge in [-0.3, -0.25) is 14.6 Å². The first-order chi connectivity index (χ1) is 15.6. The topological polar surface area (TPSA) is 54.9 Å². The fraction of sp³-hybridized carbons (Fsp3) is 0.391. The molecule has 0 N–H and O–H groups in total. The maximum atomic E-state index is 13.4. The Morgan fingerprint density at radius 3 is 2.72 bits per heavy atom. The third-order valence-electron chi connectivity index (χ3n) is 5.46. The molecule has 1 fully saturated rings. The van der Waals surface area contributed by atoms with Crippen molar-refractivity contribution in [2.75, 3.05) is 51.4 Å². The van der Waals surface area contributed by atoms with Crippen LogP contribution < -0.4 is 9.64 Å². The molecule has 2 heterocycles. The number of hydrogen-bond acceptors (Lipinski definition) is 6. The highest BCUT2D eigenvalue weighted by Gasteiger charge is 2.23. The van der Waals surface area contributed by atoms with Gasteiger partial charge in [0.2, 0.25) is 5.91 Å². The van der Waals surface area contributed by atoms with Crippen molar-refractivity contribution in [1.29, 1.82) is 0 Å². The molecule has 0 radical (unpaired) electrons. The second kappa shape index (κ2) is 10.8. The zero-order valence-corrected chi connectivity index (χ0v) is 20.2. The fourth-order valence-corrected chi connectivity index (χ4v) is 5.23. The van der Waals surface area contributed by atoms with Gasteiger partial charge in [-0.1, -0.05) is 52.7 Å². The fourth-order valence-electron chi connectivity index (χ4n) is 3.73. The summed E-state index contributed by atoms with van der Waals surface area (Å²) in [6.07, 6.45) is 1.03. The lowest BCUT2D eigenvalue weighted by Gasteiger charge is -2.27. The minimum absolute atomic E-state index is 0.0470. The van der Waals surface area contributed by atoms with E-state index in [-0.39, 0.29) is 12.3 Å². The number of fused-ring (bicyclic) bond motifs is 1. The summed E-state index contributed by atoms with van der Waals surface area (Å²) in [6, 6.07) is 11.0. The Morgan fingerprint density at radius 1 is 1.19 bits per heavy atom. The molecule has 1 saturated heterocycles. The summed E-state index contributed by atoms with van der Waals surface area (Å²) in [7, 11) is 1.60. The van der Waals surface area contributed by atoms with Crippen LogP contribution in [0.4, 0.5) is 5.13 Å². The van der Waals surface area contributed by atoms with Crippen LogP contribution in [0, 0.1) is 0 Å². The van der Waals surface area contributed by atoms with Crippen molar-refractivity contribution in [1.82, 2.24) is 9.88 Å². The summed E-state index contributed by atoms with van der Waals surface area (Å²) < 4.78 is 11.7. The summed E-state index contributed by atoms with van der Waals surface area (Å²) >= 11 is 14.1. The van der Waals surface area contributed by atoms with E-state index in [1.807, 2.05) is 18.2 Å². The van der Waals surface area contributed by atoms with Crippen LogP contribution in [0.3, 0.4) is 0 Å². The molecule has 2 aromatic carbocycles. The van der Waals surface area contributed by atoms with E-state index in [0.717, 1.165) is 49.5 Å². The minimum Gasteiger partial charge on any atom is -0.494 e. The quantitative estimate of drug-likeness (QED) is 0.446. The van der Waals surface area contributed by atoms with Crippen LogP contribution >= 0.6 is 34.5 Å². The number of ether oxygens (including phenoxy) is 2. The number of carbonyl (C=O) groups excluding carboxylic acids is 1. The minimum atomic E-state index is -0.0470. The van der Waals surface area contributed by atoms with Crippen LogP contribution in [0.1, 0.15) is 12.0 Å². The Hall–Kier alpha value is -1.90. The zero-order chi connectivity index (χ0) is 22.5. The highest BCUT2D eigenvalue weighted by molar-refractivity contribution is 7.23. The van der Waals surface area contributed by atoms with E-state index in [2.05, 4.69) is 4.90 Å². The zero-order valence-electron chi connectivity index (χ0n) is 17.9. The van der Waals surface area contributed by atoms with Gasteiger partial charge < -0.3 is 9.47 Å². The lowest BCUT2D eigenvalue weighted by atomic mass is 10.1. The smallest absolute Gasteiger partial charge is 0.233 e. The van der Waals surface area contributed by atoms with E-state index >= 15 is 0 Å². The van der Waals surface area contributed by atoms with Crippen molar-refractivity contribution in [2.45, 2.75) is 12.8 Å². The number of amides is 1. The monoisotopic (exact) mass is 493 g/mol. The van der Waals surface area contributed by atoms with Crippen molar-refractivity contribution in [3.8, 4) is 5.75 Å². The van der Waals surface area contributed by atoms with Crippen molar-refractivity contribution < 1.29 is 14.3 Å². The van der Waals surface area contributed by atoms with Crippen LogP contribution in [0.25, 0.3) is 10.2 Å². The first kappa shape index (κ1) is 23.3. The highest BCUT2D eigenvalue weighted by Crippen LogP contribution is 2.39. The lowest BCUT2D eigenvalue weighted by Crippen LogP contribution is -2.39. The maximum absolute atomic E-state index is 13.4. The molecule has 0 aliphatic carbocycles. The molecule has 1 aromatic heterocycles. The molecule has 170 valence electrons. The van der Waals surface area contributed by atoms with Crippen LogP contribution in [0.5, 0.6) is 5.75 Å². The number of nitrogens with zero attached hydrogens (tertiary/aromatic N) is 3. The molecule has 4 rings (SSSR count). The average molecular weight is 494 g/mol. The molecule has 1 aliphatic rings. The number of morpholine rings is 1. The number of thiazole rings is 1. The number of hydrogen-bond donors (Lipinski definition) is 0. The second-order valence-corrected chi connectivity index (χ2v) is 9.34. The van der Waals surface area contributed by atoms with Gasteiger partial charge >= 0.3 is 0 Å². The van der Waals surface area contributed by atoms with E-state index in [1.165, 1.54) is 11.3 Å². The van der Waals surface area contributed by atoms with E-state index < -0.39 is 0 Å². The molecule has 32 heavy (non-hydrogen) atoms. The standard InChI is InChI=1S/C23H25Cl2N3O3S/c1-30-19-8-7-18(25)22-21(19)26-23(32-22)28(10-4-9-27-11-13-31-14-12-27)20(29)15-16-5-2-3-6-17(16)24/h2-3,5-8H,4,9-15H2,1H3. The summed E-state index contributed by atoms with van der Waals surface area (Å²) in [6.45, 7) is 4.80. The van der Waals surface area contributed by atoms with E-state index in [1.54, 1.807) is 30.2 Å². The number of rotatable bonds is 8. The summed E-state index contributed by atoms with van der Waals surface area (Å²) in [5.41, 5.74) is 1.47. The molecule has 0 unspecified atom stereocenters. The molecule has 9 heteroatoms. The Kier molecular flexibility index (Phi) is 7.86. The number of halogens is 2. The predicted octanol–water partition coefficient (Wildman–Crippen LogP) is 4.91. The SMILES string of the molecule is COc1ccc(Cl)c2sc(N(CCCN3CCOCC3)C(=O)Cc3ccccc3Cl)nc12. The molecular formula is C23H25Cl2N3O3S. The Balaban J connectivity index is 1.59. The van der Waals surface area contributed by atoms with Gasteiger partial charge in [0.25, 0.3) is 0 Å². The van der Waals surface area contributed by atoms with Gasteiger partial charge in [-0.2, -0.15) is 0 Å². The largest absolute Gasteiger partial charge is 0.494 e. The summed E-state index contributed by atoms with van der Waals surface area (Å²) in [5.74, 6) is 0.591. The summed E-state index contributed by atoms with van der Waals surface area (Å²) in [4.78, 5) is 22.3. The first-order valence-corrected chi connectivity index (χ1v) is 12.1. The maximum Gasteiger partial charge on any atom is 0.233 e. The van der Waals surface area contributed by atoms with Gasteiger partial charge in [0.15, 0.2) is 5.13 Å². The van der Waals surface area contributed by atoms with Crippen LogP contribution in [-0.4, -0.2) is 62.3 Å². The molecule has 1 amide bonds. The van der Waals surface area contributed by atoms with Crippen LogP contribution in [0.15, 0.2) is 36.4 Å². The predicted molar refractivity (Wildman–Crippen MR) is 131 cm³/mol. The Labute approximate surface area is 201 Å². The molecule has 3 aromatic rings. The van der Waals surface area contributed by atoms with E-state index in [4.69, 9.17) is 37.7 Å². The van der Waals surface area contributed by atoms with Crippen molar-refractivity contribution in [3.63, 3.8) is 0 Å². The van der Waals surface area contributed by atoms with Crippen molar-refractivity contribution in [2.24, 2.45) is 0 Å². The molecule has 0 atom stereocenters. The molecule has 0 bridgehead atoms.